The SMILES string of the molecule is CN1CCCCC1CNc1ccc(C(N)=S)cc1. The molecule has 1 aliphatic heterocycles. The number of benzene rings is 1. The highest BCUT2D eigenvalue weighted by molar-refractivity contribution is 7.80. The number of likely N-dealkylation sites (tertiary alicyclic amines) is 1. The lowest BCUT2D eigenvalue weighted by atomic mass is 10.0. The number of thiocarbonyl (C=S) groups is 1. The van der Waals surface area contributed by atoms with Gasteiger partial charge in [-0.15, -0.1) is 0 Å². The lowest BCUT2D eigenvalue weighted by molar-refractivity contribution is 0.194. The van der Waals surface area contributed by atoms with Gasteiger partial charge in [-0.2, -0.15) is 0 Å². The summed E-state index contributed by atoms with van der Waals surface area (Å²) in [4.78, 5) is 2.90. The molecule has 0 bridgehead atoms. The van der Waals surface area contributed by atoms with Crippen molar-refractivity contribution in [1.82, 2.24) is 4.90 Å². The van der Waals surface area contributed by atoms with Crippen LogP contribution in [0.2, 0.25) is 0 Å². The van der Waals surface area contributed by atoms with Crippen LogP contribution in [0.5, 0.6) is 0 Å². The number of nitrogens with zero attached hydrogens (tertiary/aromatic N) is 1. The highest BCUT2D eigenvalue weighted by Crippen LogP contribution is 2.16. The highest BCUT2D eigenvalue weighted by atomic mass is 32.1. The zero-order chi connectivity index (χ0) is 13.0. The van der Waals surface area contributed by atoms with Crippen LogP contribution >= 0.6 is 12.2 Å². The first-order chi connectivity index (χ1) is 8.66. The normalized spacial score (nSPS) is 20.6. The third-order valence-corrected chi connectivity index (χ3v) is 3.87. The van der Waals surface area contributed by atoms with Gasteiger partial charge < -0.3 is 16.0 Å². The fourth-order valence-corrected chi connectivity index (χ4v) is 2.53. The van der Waals surface area contributed by atoms with Crippen molar-refractivity contribution in [3.8, 4) is 0 Å². The fraction of sp³-hybridized carbons (Fsp3) is 0.500. The van der Waals surface area contributed by atoms with Gasteiger partial charge in [-0.1, -0.05) is 18.6 Å². The van der Waals surface area contributed by atoms with E-state index in [1.807, 2.05) is 24.3 Å². The van der Waals surface area contributed by atoms with Crippen LogP contribution in [0.25, 0.3) is 0 Å². The minimum Gasteiger partial charge on any atom is -0.389 e. The summed E-state index contributed by atoms with van der Waals surface area (Å²) in [6, 6.07) is 8.66. The average molecular weight is 263 g/mol. The molecule has 98 valence electrons. The maximum atomic E-state index is 5.58. The molecule has 1 saturated heterocycles. The van der Waals surface area contributed by atoms with Crippen molar-refractivity contribution in [3.63, 3.8) is 0 Å². The first kappa shape index (κ1) is 13.3. The Balaban J connectivity index is 1.87. The maximum Gasteiger partial charge on any atom is 0.103 e. The number of nitrogens with two attached hydrogens (primary N) is 1. The summed E-state index contributed by atoms with van der Waals surface area (Å²) in [5, 5.41) is 3.49. The van der Waals surface area contributed by atoms with Gasteiger partial charge in [0.05, 0.1) is 0 Å². The molecule has 0 amide bonds. The summed E-state index contributed by atoms with van der Waals surface area (Å²) in [6.45, 7) is 2.22. The van der Waals surface area contributed by atoms with E-state index in [2.05, 4.69) is 17.3 Å². The van der Waals surface area contributed by atoms with E-state index >= 15 is 0 Å². The second-order valence-corrected chi connectivity index (χ2v) is 5.39. The minimum atomic E-state index is 0.452. The molecule has 1 unspecified atom stereocenters. The number of nitrogens with one attached hydrogen (secondary N) is 1. The molecule has 0 aliphatic carbocycles. The fourth-order valence-electron chi connectivity index (χ4n) is 2.39. The first-order valence-corrected chi connectivity index (χ1v) is 6.91. The van der Waals surface area contributed by atoms with E-state index in [4.69, 9.17) is 18.0 Å². The molecule has 2 rings (SSSR count). The quantitative estimate of drug-likeness (QED) is 0.817. The van der Waals surface area contributed by atoms with Crippen molar-refractivity contribution in [2.45, 2.75) is 25.3 Å². The summed E-state index contributed by atoms with van der Waals surface area (Å²) >= 11 is 4.94. The van der Waals surface area contributed by atoms with Crippen molar-refractivity contribution in [2.75, 3.05) is 25.5 Å². The molecule has 18 heavy (non-hydrogen) atoms. The summed E-state index contributed by atoms with van der Waals surface area (Å²) in [6.07, 6.45) is 3.96. The molecule has 1 aromatic carbocycles. The molecular weight excluding hydrogens is 242 g/mol. The molecule has 3 N–H and O–H groups in total. The Labute approximate surface area is 114 Å². The molecule has 4 heteroatoms. The Morgan fingerprint density at radius 1 is 1.39 bits per heavy atom. The van der Waals surface area contributed by atoms with Crippen LogP contribution < -0.4 is 11.1 Å². The van der Waals surface area contributed by atoms with E-state index in [1.165, 1.54) is 25.8 Å². The summed E-state index contributed by atoms with van der Waals surface area (Å²) < 4.78 is 0. The largest absolute Gasteiger partial charge is 0.389 e. The standard InChI is InChI=1S/C14H21N3S/c1-17-9-3-2-4-13(17)10-16-12-7-5-11(6-8-12)14(15)18/h5-8,13,16H,2-4,9-10H2,1H3,(H2,15,18). The van der Waals surface area contributed by atoms with Crippen molar-refractivity contribution >= 4 is 22.9 Å². The molecular formula is C14H21N3S. The Kier molecular flexibility index (Phi) is 4.55. The molecule has 1 aliphatic rings. The smallest absolute Gasteiger partial charge is 0.103 e. The topological polar surface area (TPSA) is 41.3 Å². The third kappa shape index (κ3) is 3.43. The van der Waals surface area contributed by atoms with Crippen LogP contribution in [0.15, 0.2) is 24.3 Å². The second kappa shape index (κ2) is 6.16. The van der Waals surface area contributed by atoms with E-state index in [0.29, 0.717) is 11.0 Å². The molecule has 1 heterocycles. The van der Waals surface area contributed by atoms with Gasteiger partial charge in [0.15, 0.2) is 0 Å². The van der Waals surface area contributed by atoms with Crippen LogP contribution in [0, 0.1) is 0 Å². The lowest BCUT2D eigenvalue weighted by Crippen LogP contribution is -2.40. The van der Waals surface area contributed by atoms with Gasteiger partial charge in [-0.05, 0) is 50.7 Å². The predicted octanol–water partition coefficient (Wildman–Crippen LogP) is 2.22. The molecule has 0 radical (unpaired) electrons. The van der Waals surface area contributed by atoms with Crippen LogP contribution in [0.3, 0.4) is 0 Å². The average Bonchev–Trinajstić information content (AvgIpc) is 2.38. The first-order valence-electron chi connectivity index (χ1n) is 6.51. The van der Waals surface area contributed by atoms with Crippen LogP contribution in [0.4, 0.5) is 5.69 Å². The van der Waals surface area contributed by atoms with E-state index in [-0.39, 0.29) is 0 Å². The summed E-state index contributed by atoms with van der Waals surface area (Å²) in [5.74, 6) is 0. The number of hydrogen-bond donors (Lipinski definition) is 2. The van der Waals surface area contributed by atoms with E-state index in [0.717, 1.165) is 17.8 Å². The van der Waals surface area contributed by atoms with Crippen molar-refractivity contribution in [3.05, 3.63) is 29.8 Å². The second-order valence-electron chi connectivity index (χ2n) is 4.95. The molecule has 0 spiro atoms. The molecule has 3 nitrogen and oxygen atoms in total. The van der Waals surface area contributed by atoms with Gasteiger partial charge in [0.1, 0.15) is 4.99 Å². The predicted molar refractivity (Wildman–Crippen MR) is 81.1 cm³/mol. The number of likely N-dealkylation sites (N-methyl/N-ethyl adjacent to an activating group) is 1. The molecule has 1 fully saturated rings. The van der Waals surface area contributed by atoms with Gasteiger partial charge in [0.25, 0.3) is 0 Å². The third-order valence-electron chi connectivity index (χ3n) is 3.63. The van der Waals surface area contributed by atoms with Crippen LogP contribution in [0.1, 0.15) is 24.8 Å². The molecule has 1 aromatic rings. The van der Waals surface area contributed by atoms with E-state index in [1.54, 1.807) is 0 Å². The lowest BCUT2D eigenvalue weighted by Gasteiger charge is -2.32. The van der Waals surface area contributed by atoms with Gasteiger partial charge >= 0.3 is 0 Å². The number of hydrogen-bond acceptors (Lipinski definition) is 3. The Morgan fingerprint density at radius 2 is 2.11 bits per heavy atom. The van der Waals surface area contributed by atoms with E-state index in [9.17, 15) is 0 Å². The Hall–Kier alpha value is -1.13. The summed E-state index contributed by atoms with van der Waals surface area (Å²) in [5.41, 5.74) is 7.63. The van der Waals surface area contributed by atoms with Gasteiger partial charge in [-0.3, -0.25) is 0 Å². The molecule has 0 saturated carbocycles. The van der Waals surface area contributed by atoms with Gasteiger partial charge in [0.2, 0.25) is 0 Å². The van der Waals surface area contributed by atoms with Crippen molar-refractivity contribution in [1.29, 1.82) is 0 Å². The van der Waals surface area contributed by atoms with Gasteiger partial charge in [-0.25, -0.2) is 0 Å². The zero-order valence-corrected chi connectivity index (χ0v) is 11.7. The number of anilines is 1. The minimum absolute atomic E-state index is 0.452. The van der Waals surface area contributed by atoms with Gasteiger partial charge in [0, 0.05) is 23.8 Å². The Morgan fingerprint density at radius 3 is 2.72 bits per heavy atom. The van der Waals surface area contributed by atoms with Crippen LogP contribution in [-0.2, 0) is 0 Å². The van der Waals surface area contributed by atoms with Crippen molar-refractivity contribution in [2.24, 2.45) is 5.73 Å². The number of piperidine rings is 1. The maximum absolute atomic E-state index is 5.58. The van der Waals surface area contributed by atoms with Crippen molar-refractivity contribution < 1.29 is 0 Å². The monoisotopic (exact) mass is 263 g/mol. The molecule has 1 atom stereocenters. The van der Waals surface area contributed by atoms with Crippen LogP contribution in [-0.4, -0.2) is 36.1 Å². The molecule has 0 aromatic heterocycles. The number of rotatable bonds is 4. The summed E-state index contributed by atoms with van der Waals surface area (Å²) in [7, 11) is 2.21. The van der Waals surface area contributed by atoms with E-state index < -0.39 is 0 Å². The Bertz CT molecular complexity index is 402. The zero-order valence-electron chi connectivity index (χ0n) is 10.9. The highest BCUT2D eigenvalue weighted by Gasteiger charge is 2.18.